The molecule has 0 aliphatic rings. The number of nitrogens with zero attached hydrogens (tertiary/aromatic N) is 2. The van der Waals surface area contributed by atoms with Gasteiger partial charge in [-0.2, -0.15) is 0 Å². The minimum atomic E-state index is -3.94. The number of amides is 2. The number of hydrogen-bond acceptors (Lipinski definition) is 4. The Hall–Kier alpha value is -2.59. The molecule has 0 aliphatic carbocycles. The molecule has 0 aliphatic heterocycles. The molecule has 3 rings (SSSR count). The highest BCUT2D eigenvalue weighted by Crippen LogP contribution is 2.30. The summed E-state index contributed by atoms with van der Waals surface area (Å²) in [6, 6.07) is 20.0. The zero-order valence-corrected chi connectivity index (χ0v) is 25.7. The van der Waals surface area contributed by atoms with Crippen molar-refractivity contribution in [2.75, 3.05) is 17.1 Å². The topological polar surface area (TPSA) is 86.8 Å². The van der Waals surface area contributed by atoms with E-state index in [2.05, 4.69) is 21.2 Å². The second-order valence-electron chi connectivity index (χ2n) is 9.39. The summed E-state index contributed by atoms with van der Waals surface area (Å²) in [5, 5.41) is 3.32. The molecular weight excluding hydrogens is 625 g/mol. The Balaban J connectivity index is 2.07. The number of sulfonamides is 1. The van der Waals surface area contributed by atoms with Crippen LogP contribution in [-0.4, -0.2) is 50.0 Å². The molecule has 0 saturated carbocycles. The highest BCUT2D eigenvalue weighted by atomic mass is 79.9. The Bertz CT molecular complexity index is 1420. The van der Waals surface area contributed by atoms with Crippen molar-refractivity contribution in [1.29, 1.82) is 0 Å². The van der Waals surface area contributed by atoms with Crippen molar-refractivity contribution in [1.82, 2.24) is 10.2 Å². The first-order chi connectivity index (χ1) is 18.3. The number of rotatable bonds is 11. The molecule has 0 spiro atoms. The van der Waals surface area contributed by atoms with Crippen molar-refractivity contribution in [3.63, 3.8) is 0 Å². The van der Waals surface area contributed by atoms with Gasteiger partial charge in [-0.3, -0.25) is 13.9 Å². The van der Waals surface area contributed by atoms with Gasteiger partial charge in [-0.1, -0.05) is 81.6 Å². The fourth-order valence-electron chi connectivity index (χ4n) is 4.04. The zero-order valence-electron chi connectivity index (χ0n) is 21.8. The average Bonchev–Trinajstić information content (AvgIpc) is 2.84. The Labute approximate surface area is 248 Å². The molecule has 208 valence electrons. The molecule has 11 heteroatoms. The van der Waals surface area contributed by atoms with Gasteiger partial charge in [0.25, 0.3) is 0 Å². The van der Waals surface area contributed by atoms with Gasteiger partial charge in [0, 0.05) is 28.5 Å². The number of halogens is 3. The quantitative estimate of drug-likeness (QED) is 0.288. The Kier molecular flexibility index (Phi) is 10.8. The van der Waals surface area contributed by atoms with Crippen LogP contribution in [0.25, 0.3) is 0 Å². The van der Waals surface area contributed by atoms with Crippen LogP contribution in [0, 0.1) is 0 Å². The second-order valence-corrected chi connectivity index (χ2v) is 13.1. The lowest BCUT2D eigenvalue weighted by molar-refractivity contribution is -0.140. The summed E-state index contributed by atoms with van der Waals surface area (Å²) in [5.74, 6) is -0.904. The Morgan fingerprint density at radius 1 is 0.949 bits per heavy atom. The summed E-state index contributed by atoms with van der Waals surface area (Å²) in [5.41, 5.74) is 1.74. The van der Waals surface area contributed by atoms with Crippen molar-refractivity contribution < 1.29 is 18.0 Å². The van der Waals surface area contributed by atoms with Crippen LogP contribution in [-0.2, 0) is 32.6 Å². The lowest BCUT2D eigenvalue weighted by atomic mass is 10.0. The molecule has 39 heavy (non-hydrogen) atoms. The predicted molar refractivity (Wildman–Crippen MR) is 161 cm³/mol. The van der Waals surface area contributed by atoms with Crippen molar-refractivity contribution in [2.45, 2.75) is 38.9 Å². The lowest BCUT2D eigenvalue weighted by Crippen LogP contribution is -2.54. The molecule has 7 nitrogen and oxygen atoms in total. The van der Waals surface area contributed by atoms with Crippen LogP contribution >= 0.6 is 39.1 Å². The van der Waals surface area contributed by atoms with E-state index < -0.39 is 28.5 Å². The molecule has 3 aromatic rings. The summed E-state index contributed by atoms with van der Waals surface area (Å²) < 4.78 is 27.4. The van der Waals surface area contributed by atoms with Crippen LogP contribution in [0.2, 0.25) is 10.0 Å². The van der Waals surface area contributed by atoms with E-state index in [1.54, 1.807) is 0 Å². The Morgan fingerprint density at radius 3 is 2.21 bits per heavy atom. The van der Waals surface area contributed by atoms with Crippen molar-refractivity contribution in [3.8, 4) is 0 Å². The predicted octanol–water partition coefficient (Wildman–Crippen LogP) is 5.69. The van der Waals surface area contributed by atoms with Crippen LogP contribution < -0.4 is 9.62 Å². The molecule has 0 heterocycles. The third-order valence-corrected chi connectivity index (χ3v) is 7.96. The van der Waals surface area contributed by atoms with Gasteiger partial charge in [0.05, 0.1) is 17.0 Å². The summed E-state index contributed by atoms with van der Waals surface area (Å²) in [6.45, 7) is 3.19. The number of hydrogen-bond donors (Lipinski definition) is 1. The number of benzene rings is 3. The van der Waals surface area contributed by atoms with Crippen LogP contribution in [0.1, 0.15) is 25.0 Å². The molecule has 1 N–H and O–H groups in total. The standard InChI is InChI=1S/C28H30BrCl2N3O4S/c1-19(2)32-28(36)26(15-20-8-5-4-6-9-20)33(17-21-10-7-11-22(29)14-21)27(35)18-34(39(3,37)38)25-13-12-23(30)16-24(25)31/h4-14,16,19,26H,15,17-18H2,1-3H3,(H,32,36)/t26-/m1/s1. The van der Waals surface area contributed by atoms with Gasteiger partial charge in [-0.05, 0) is 55.3 Å². The van der Waals surface area contributed by atoms with E-state index in [4.69, 9.17) is 23.2 Å². The molecule has 0 bridgehead atoms. The summed E-state index contributed by atoms with van der Waals surface area (Å²) in [6.07, 6.45) is 1.23. The molecule has 0 saturated heterocycles. The van der Waals surface area contributed by atoms with E-state index in [0.717, 1.165) is 26.2 Å². The maximum atomic E-state index is 14.0. The number of nitrogens with one attached hydrogen (secondary N) is 1. The van der Waals surface area contributed by atoms with E-state index in [0.29, 0.717) is 5.02 Å². The third-order valence-electron chi connectivity index (χ3n) is 5.80. The van der Waals surface area contributed by atoms with Crippen LogP contribution in [0.4, 0.5) is 5.69 Å². The first-order valence-corrected chi connectivity index (χ1v) is 15.6. The number of anilines is 1. The van der Waals surface area contributed by atoms with Crippen LogP contribution in [0.3, 0.4) is 0 Å². The van der Waals surface area contributed by atoms with E-state index in [-0.39, 0.29) is 35.6 Å². The van der Waals surface area contributed by atoms with Gasteiger partial charge in [0.2, 0.25) is 21.8 Å². The van der Waals surface area contributed by atoms with E-state index in [9.17, 15) is 18.0 Å². The zero-order chi connectivity index (χ0) is 28.7. The van der Waals surface area contributed by atoms with Gasteiger partial charge >= 0.3 is 0 Å². The molecule has 0 unspecified atom stereocenters. The van der Waals surface area contributed by atoms with Gasteiger partial charge < -0.3 is 10.2 Å². The first kappa shape index (κ1) is 30.9. The third kappa shape index (κ3) is 8.96. The molecule has 0 aromatic heterocycles. The number of carbonyl (C=O) groups excluding carboxylic acids is 2. The van der Waals surface area contributed by atoms with Crippen LogP contribution in [0.15, 0.2) is 77.3 Å². The van der Waals surface area contributed by atoms with E-state index in [1.165, 1.54) is 23.1 Å². The normalized spacial score (nSPS) is 12.2. The SMILES string of the molecule is CC(C)NC(=O)[C@@H](Cc1ccccc1)N(Cc1cccc(Br)c1)C(=O)CN(c1ccc(Cl)cc1Cl)S(C)(=O)=O. The maximum absolute atomic E-state index is 14.0. The molecule has 1 atom stereocenters. The fraction of sp³-hybridized carbons (Fsp3) is 0.286. The number of carbonyl (C=O) groups is 2. The van der Waals surface area contributed by atoms with Crippen molar-refractivity contribution in [3.05, 3.63) is 98.4 Å². The maximum Gasteiger partial charge on any atom is 0.244 e. The van der Waals surface area contributed by atoms with Gasteiger partial charge in [0.1, 0.15) is 12.6 Å². The highest BCUT2D eigenvalue weighted by molar-refractivity contribution is 9.10. The lowest BCUT2D eigenvalue weighted by Gasteiger charge is -2.34. The van der Waals surface area contributed by atoms with Crippen molar-refractivity contribution in [2.24, 2.45) is 0 Å². The highest BCUT2D eigenvalue weighted by Gasteiger charge is 2.33. The second kappa shape index (κ2) is 13.7. The van der Waals surface area contributed by atoms with Gasteiger partial charge in [-0.25, -0.2) is 8.42 Å². The largest absolute Gasteiger partial charge is 0.352 e. The smallest absolute Gasteiger partial charge is 0.244 e. The molecular formula is C28H30BrCl2N3O4S. The minimum Gasteiger partial charge on any atom is -0.352 e. The van der Waals surface area contributed by atoms with Crippen molar-refractivity contribution >= 4 is 66.7 Å². The summed E-state index contributed by atoms with van der Waals surface area (Å²) in [7, 11) is -3.94. The molecule has 2 amide bonds. The van der Waals surface area contributed by atoms with Gasteiger partial charge in [-0.15, -0.1) is 0 Å². The van der Waals surface area contributed by atoms with Crippen LogP contribution in [0.5, 0.6) is 0 Å². The average molecular weight is 655 g/mol. The summed E-state index contributed by atoms with van der Waals surface area (Å²) >= 11 is 15.8. The molecule has 0 fully saturated rings. The Morgan fingerprint density at radius 2 is 1.62 bits per heavy atom. The first-order valence-electron chi connectivity index (χ1n) is 12.2. The monoisotopic (exact) mass is 653 g/mol. The fourth-order valence-corrected chi connectivity index (χ4v) is 5.91. The van der Waals surface area contributed by atoms with E-state index in [1.807, 2.05) is 68.4 Å². The van der Waals surface area contributed by atoms with E-state index >= 15 is 0 Å². The van der Waals surface area contributed by atoms with Gasteiger partial charge in [0.15, 0.2) is 0 Å². The summed E-state index contributed by atoms with van der Waals surface area (Å²) in [4.78, 5) is 29.0. The minimum absolute atomic E-state index is 0.0766. The molecule has 3 aromatic carbocycles. The molecule has 0 radical (unpaired) electrons.